The van der Waals surface area contributed by atoms with Gasteiger partial charge >= 0.3 is 5.97 Å². The van der Waals surface area contributed by atoms with Crippen molar-refractivity contribution in [2.45, 2.75) is 392 Å². The molecule has 3 N–H and O–H groups in total. The number of carbonyl (C=O) groups is 2. The number of hydrogen-bond acceptors (Lipinski definition) is 5. The molecule has 0 bridgehead atoms. The van der Waals surface area contributed by atoms with Crippen LogP contribution in [0.5, 0.6) is 0 Å². The predicted molar refractivity (Wildman–Crippen MR) is 338 cm³/mol. The number of rotatable bonds is 65. The van der Waals surface area contributed by atoms with E-state index in [0.29, 0.717) is 19.4 Å². The van der Waals surface area contributed by atoms with Crippen molar-refractivity contribution in [2.75, 3.05) is 13.2 Å². The Balaban J connectivity index is 3.34. The van der Waals surface area contributed by atoms with E-state index in [1.165, 1.54) is 308 Å². The molecule has 1 amide bonds. The van der Waals surface area contributed by atoms with Gasteiger partial charge in [0.05, 0.1) is 25.4 Å². The second-order valence-electron chi connectivity index (χ2n) is 23.9. The SMILES string of the molecule is CCCCCCCCC/C=C\CCCCCCCC(=O)OCCCCCCCCCCCCCC/C=C\CCCCCCCCCCCCCCCCCCCC(=O)NC(CO)C(O)/C=C/CCCCCCCCCCC. The number of carbonyl (C=O) groups excluding carboxylic acids is 2. The van der Waals surface area contributed by atoms with Crippen molar-refractivity contribution < 1.29 is 24.5 Å². The van der Waals surface area contributed by atoms with Gasteiger partial charge in [-0.05, 0) is 83.5 Å². The Morgan fingerprint density at radius 2 is 0.610 bits per heavy atom. The van der Waals surface area contributed by atoms with Crippen LogP contribution in [0.3, 0.4) is 0 Å². The number of esters is 1. The Morgan fingerprint density at radius 3 is 0.922 bits per heavy atom. The number of aliphatic hydroxyl groups is 2. The number of allylic oxidation sites excluding steroid dienone is 5. The first-order valence-electron chi connectivity index (χ1n) is 34.8. The average molecular weight is 1080 g/mol. The highest BCUT2D eigenvalue weighted by Crippen LogP contribution is 2.18. The zero-order valence-electron chi connectivity index (χ0n) is 52.0. The molecule has 0 rings (SSSR count). The fourth-order valence-electron chi connectivity index (χ4n) is 10.8. The highest BCUT2D eigenvalue weighted by Gasteiger charge is 2.18. The highest BCUT2D eigenvalue weighted by molar-refractivity contribution is 5.76. The largest absolute Gasteiger partial charge is 0.466 e. The molecule has 454 valence electrons. The second-order valence-corrected chi connectivity index (χ2v) is 23.9. The Bertz CT molecular complexity index is 1250. The van der Waals surface area contributed by atoms with E-state index in [0.717, 1.165) is 44.9 Å². The van der Waals surface area contributed by atoms with Crippen molar-refractivity contribution >= 4 is 11.9 Å². The van der Waals surface area contributed by atoms with Gasteiger partial charge in [0.15, 0.2) is 0 Å². The lowest BCUT2D eigenvalue weighted by Gasteiger charge is -2.20. The molecular formula is C71H135NO5. The summed E-state index contributed by atoms with van der Waals surface area (Å²) >= 11 is 0. The van der Waals surface area contributed by atoms with E-state index in [1.807, 2.05) is 6.08 Å². The fraction of sp³-hybridized carbons (Fsp3) is 0.887. The summed E-state index contributed by atoms with van der Waals surface area (Å²) in [5.74, 6) is -0.0537. The fourth-order valence-corrected chi connectivity index (χ4v) is 10.8. The molecule has 0 fully saturated rings. The van der Waals surface area contributed by atoms with Gasteiger partial charge in [-0.1, -0.05) is 320 Å². The molecule has 0 saturated carbocycles. The molecule has 6 nitrogen and oxygen atoms in total. The van der Waals surface area contributed by atoms with Gasteiger partial charge < -0.3 is 20.3 Å². The number of amides is 1. The first kappa shape index (κ1) is 75.1. The van der Waals surface area contributed by atoms with Crippen LogP contribution in [0.1, 0.15) is 380 Å². The number of unbranched alkanes of at least 4 members (excludes halogenated alkanes) is 50. The van der Waals surface area contributed by atoms with Crippen LogP contribution in [0.4, 0.5) is 0 Å². The van der Waals surface area contributed by atoms with Gasteiger partial charge in [-0.25, -0.2) is 0 Å². The van der Waals surface area contributed by atoms with E-state index < -0.39 is 12.1 Å². The summed E-state index contributed by atoms with van der Waals surface area (Å²) in [4.78, 5) is 24.5. The van der Waals surface area contributed by atoms with E-state index in [-0.39, 0.29) is 18.5 Å². The molecular weight excluding hydrogens is 947 g/mol. The van der Waals surface area contributed by atoms with Crippen LogP contribution in [0.25, 0.3) is 0 Å². The molecule has 0 aliphatic rings. The summed E-state index contributed by atoms with van der Waals surface area (Å²) in [6.45, 7) is 4.91. The van der Waals surface area contributed by atoms with Gasteiger partial charge in [0, 0.05) is 12.8 Å². The Labute approximate surface area is 481 Å². The monoisotopic (exact) mass is 1080 g/mol. The summed E-state index contributed by atoms with van der Waals surface area (Å²) in [5, 5.41) is 23.1. The number of aliphatic hydroxyl groups excluding tert-OH is 2. The van der Waals surface area contributed by atoms with Crippen molar-refractivity contribution in [3.8, 4) is 0 Å². The van der Waals surface area contributed by atoms with Gasteiger partial charge in [0.1, 0.15) is 0 Å². The second kappa shape index (κ2) is 66.6. The Hall–Kier alpha value is -1.92. The molecule has 0 radical (unpaired) electrons. The predicted octanol–water partition coefficient (Wildman–Crippen LogP) is 22.3. The van der Waals surface area contributed by atoms with Crippen LogP contribution < -0.4 is 5.32 Å². The topological polar surface area (TPSA) is 95.9 Å². The van der Waals surface area contributed by atoms with Gasteiger partial charge in [0.25, 0.3) is 0 Å². The van der Waals surface area contributed by atoms with E-state index >= 15 is 0 Å². The van der Waals surface area contributed by atoms with Crippen molar-refractivity contribution in [2.24, 2.45) is 0 Å². The molecule has 2 atom stereocenters. The lowest BCUT2D eigenvalue weighted by atomic mass is 10.0. The van der Waals surface area contributed by atoms with Crippen LogP contribution >= 0.6 is 0 Å². The summed E-state index contributed by atoms with van der Waals surface area (Å²) in [6, 6.07) is -0.624. The lowest BCUT2D eigenvalue weighted by Crippen LogP contribution is -2.45. The third-order valence-corrected chi connectivity index (χ3v) is 16.1. The molecule has 2 unspecified atom stereocenters. The van der Waals surface area contributed by atoms with E-state index in [9.17, 15) is 19.8 Å². The number of hydrogen-bond donors (Lipinski definition) is 3. The molecule has 77 heavy (non-hydrogen) atoms. The smallest absolute Gasteiger partial charge is 0.305 e. The quantitative estimate of drug-likeness (QED) is 0.0320. The van der Waals surface area contributed by atoms with Crippen LogP contribution in [0, 0.1) is 0 Å². The lowest BCUT2D eigenvalue weighted by molar-refractivity contribution is -0.143. The zero-order chi connectivity index (χ0) is 55.7. The molecule has 0 aliphatic carbocycles. The maximum absolute atomic E-state index is 12.4. The first-order valence-corrected chi connectivity index (χ1v) is 34.8. The maximum atomic E-state index is 12.4. The molecule has 0 heterocycles. The first-order chi connectivity index (χ1) is 38.0. The normalized spacial score (nSPS) is 12.7. The minimum Gasteiger partial charge on any atom is -0.466 e. The van der Waals surface area contributed by atoms with Gasteiger partial charge in [-0.15, -0.1) is 0 Å². The molecule has 0 aromatic carbocycles. The van der Waals surface area contributed by atoms with Crippen molar-refractivity contribution in [3.63, 3.8) is 0 Å². The van der Waals surface area contributed by atoms with Crippen molar-refractivity contribution in [3.05, 3.63) is 36.5 Å². The van der Waals surface area contributed by atoms with Gasteiger partial charge in [0.2, 0.25) is 5.91 Å². The Morgan fingerprint density at radius 1 is 0.351 bits per heavy atom. The molecule has 0 aromatic rings. The summed E-state index contributed by atoms with van der Waals surface area (Å²) in [7, 11) is 0. The van der Waals surface area contributed by atoms with Crippen LogP contribution in [-0.4, -0.2) is 47.4 Å². The van der Waals surface area contributed by atoms with Crippen molar-refractivity contribution in [1.82, 2.24) is 5.32 Å². The van der Waals surface area contributed by atoms with Crippen LogP contribution in [0.2, 0.25) is 0 Å². The van der Waals surface area contributed by atoms with Gasteiger partial charge in [-0.3, -0.25) is 9.59 Å². The van der Waals surface area contributed by atoms with E-state index in [1.54, 1.807) is 6.08 Å². The van der Waals surface area contributed by atoms with Crippen LogP contribution in [0.15, 0.2) is 36.5 Å². The summed E-state index contributed by atoms with van der Waals surface area (Å²) in [6.07, 6.45) is 85.2. The number of ether oxygens (including phenoxy) is 1. The highest BCUT2D eigenvalue weighted by atomic mass is 16.5. The third-order valence-electron chi connectivity index (χ3n) is 16.1. The minimum absolute atomic E-state index is 0.0113. The molecule has 6 heteroatoms. The molecule has 0 saturated heterocycles. The van der Waals surface area contributed by atoms with E-state index in [2.05, 4.69) is 43.5 Å². The summed E-state index contributed by atoms with van der Waals surface area (Å²) in [5.41, 5.74) is 0. The maximum Gasteiger partial charge on any atom is 0.305 e. The summed E-state index contributed by atoms with van der Waals surface area (Å²) < 4.78 is 5.49. The van der Waals surface area contributed by atoms with Crippen LogP contribution in [-0.2, 0) is 14.3 Å². The van der Waals surface area contributed by atoms with Gasteiger partial charge in [-0.2, -0.15) is 0 Å². The molecule has 0 aliphatic heterocycles. The Kier molecular flexibility index (Phi) is 64.9. The van der Waals surface area contributed by atoms with Crippen molar-refractivity contribution in [1.29, 1.82) is 0 Å². The van der Waals surface area contributed by atoms with E-state index in [4.69, 9.17) is 4.74 Å². The average Bonchev–Trinajstić information content (AvgIpc) is 3.43. The number of nitrogens with one attached hydrogen (secondary N) is 1. The third kappa shape index (κ3) is 63.1. The molecule has 0 aromatic heterocycles. The minimum atomic E-state index is -0.841. The standard InChI is InChI=1S/C71H135NO5/c1-3-5-7-9-11-13-15-16-17-38-41-45-49-53-57-61-65-71(76)77-66-62-58-54-50-46-42-39-36-34-32-30-28-26-24-22-20-18-19-21-23-25-27-29-31-33-35-37-40-44-48-52-56-60-64-70(75)72-68(67-73)69(74)63-59-55-51-47-43-14-12-10-8-6-4-2/h17,22,24,38,59,63,68-69,73-74H,3-16,18-21,23,25-37,39-58,60-62,64-67H2,1-2H3,(H,72,75)/b24-22-,38-17-,63-59+. The molecule has 0 spiro atoms. The zero-order valence-corrected chi connectivity index (χ0v) is 52.0.